The zero-order valence-electron chi connectivity index (χ0n) is 4.41. The smallest absolute Gasteiger partial charge is 0.288 e. The topological polar surface area (TPSA) is 71.5 Å². The zero-order chi connectivity index (χ0) is 5.82. The van der Waals surface area contributed by atoms with Crippen LogP contribution in [0.2, 0.25) is 0 Å². The van der Waals surface area contributed by atoms with Crippen molar-refractivity contribution in [2.24, 2.45) is 5.73 Å². The van der Waals surface area contributed by atoms with Crippen molar-refractivity contribution in [1.82, 2.24) is 15.5 Å². The van der Waals surface area contributed by atoms with Gasteiger partial charge in [0.2, 0.25) is 0 Å². The lowest BCUT2D eigenvalue weighted by Gasteiger charge is -1.84. The van der Waals surface area contributed by atoms with Crippen molar-refractivity contribution in [2.45, 2.75) is 6.54 Å². The van der Waals surface area contributed by atoms with E-state index in [1.165, 1.54) is 0 Å². The van der Waals surface area contributed by atoms with E-state index in [0.29, 0.717) is 6.54 Å². The number of hydrogen-bond acceptors (Lipinski definition) is 3. The van der Waals surface area contributed by atoms with Gasteiger partial charge in [0, 0.05) is 6.54 Å². The Bertz CT molecular complexity index is 133. The molecule has 0 saturated heterocycles. The lowest BCUT2D eigenvalue weighted by molar-refractivity contribution is -0.752. The summed E-state index contributed by atoms with van der Waals surface area (Å²) < 4.78 is 1.71. The molecule has 1 heterocycles. The third-order valence-corrected chi connectivity index (χ3v) is 0.792. The average Bonchev–Trinajstić information content (AvgIpc) is 2.19. The number of nitrogens with one attached hydrogen (secondary N) is 1. The van der Waals surface area contributed by atoms with E-state index in [0.717, 1.165) is 6.54 Å². The van der Waals surface area contributed by atoms with Gasteiger partial charge in [-0.2, -0.15) is 4.68 Å². The van der Waals surface area contributed by atoms with Gasteiger partial charge in [-0.25, -0.2) is 0 Å². The van der Waals surface area contributed by atoms with Crippen LogP contribution in [0, 0.1) is 0 Å². The molecule has 8 heavy (non-hydrogen) atoms. The number of aromatic nitrogens is 4. The molecule has 0 bridgehead atoms. The summed E-state index contributed by atoms with van der Waals surface area (Å²) in [6.45, 7) is 1.35. The molecule has 44 valence electrons. The molecule has 0 aliphatic rings. The summed E-state index contributed by atoms with van der Waals surface area (Å²) in [7, 11) is 0. The van der Waals surface area contributed by atoms with Crippen LogP contribution in [0.4, 0.5) is 0 Å². The highest BCUT2D eigenvalue weighted by molar-refractivity contribution is 4.18. The van der Waals surface area contributed by atoms with E-state index >= 15 is 0 Å². The van der Waals surface area contributed by atoms with Crippen LogP contribution in [0.1, 0.15) is 0 Å². The van der Waals surface area contributed by atoms with Crippen molar-refractivity contribution in [3.05, 3.63) is 6.33 Å². The van der Waals surface area contributed by atoms with E-state index in [1.54, 1.807) is 11.0 Å². The number of nitrogens with two attached hydrogens (primary N) is 1. The number of nitrogens with zero attached hydrogens (tertiary/aromatic N) is 3. The normalized spacial score (nSPS) is 9.62. The highest BCUT2D eigenvalue weighted by Gasteiger charge is 1.93. The monoisotopic (exact) mass is 114 g/mol. The molecule has 0 fully saturated rings. The fraction of sp³-hybridized carbons (Fsp3) is 0.667. The minimum atomic E-state index is 0.606. The van der Waals surface area contributed by atoms with Gasteiger partial charge in [-0.05, 0) is 0 Å². The Labute approximate surface area is 46.5 Å². The lowest BCUT2D eigenvalue weighted by atomic mass is 10.7. The third kappa shape index (κ3) is 1.00. The Balaban J connectivity index is 2.50. The fourth-order valence-electron chi connectivity index (χ4n) is 0.444. The minimum absolute atomic E-state index is 0.606. The summed E-state index contributed by atoms with van der Waals surface area (Å²) in [5.41, 5.74) is 5.22. The van der Waals surface area contributed by atoms with E-state index < -0.39 is 0 Å². The second-order valence-electron chi connectivity index (χ2n) is 1.41. The standard InChI is InChI=1S/C3H7N5/c4-1-2-8-3-5-6-7-8/h3H,1-2,4H2/p+1. The van der Waals surface area contributed by atoms with E-state index in [-0.39, 0.29) is 0 Å². The van der Waals surface area contributed by atoms with Gasteiger partial charge >= 0.3 is 0 Å². The summed E-state index contributed by atoms with van der Waals surface area (Å²) in [5.74, 6) is 0. The summed E-state index contributed by atoms with van der Waals surface area (Å²) in [4.78, 5) is 0. The number of rotatable bonds is 2. The molecule has 0 unspecified atom stereocenters. The predicted molar refractivity (Wildman–Crippen MR) is 25.6 cm³/mol. The van der Waals surface area contributed by atoms with Crippen molar-refractivity contribution >= 4 is 0 Å². The zero-order valence-corrected chi connectivity index (χ0v) is 4.41. The van der Waals surface area contributed by atoms with E-state index in [1.807, 2.05) is 0 Å². The molecule has 5 heteroatoms. The van der Waals surface area contributed by atoms with Gasteiger partial charge in [0.1, 0.15) is 11.6 Å². The Hall–Kier alpha value is -0.970. The van der Waals surface area contributed by atoms with Crippen molar-refractivity contribution in [3.8, 4) is 0 Å². The van der Waals surface area contributed by atoms with Crippen LogP contribution in [0.5, 0.6) is 0 Å². The Kier molecular flexibility index (Phi) is 1.53. The van der Waals surface area contributed by atoms with Gasteiger partial charge in [-0.1, -0.05) is 5.21 Å². The van der Waals surface area contributed by atoms with Gasteiger partial charge in [-0.3, -0.25) is 0 Å². The molecule has 1 aromatic rings. The number of H-pyrrole nitrogens is 1. The first-order valence-corrected chi connectivity index (χ1v) is 2.39. The second-order valence-corrected chi connectivity index (χ2v) is 1.41. The predicted octanol–water partition coefficient (Wildman–Crippen LogP) is -1.95. The largest absolute Gasteiger partial charge is 0.327 e. The van der Waals surface area contributed by atoms with Gasteiger partial charge in [0.05, 0.1) is 0 Å². The molecule has 0 amide bonds. The van der Waals surface area contributed by atoms with Crippen LogP contribution in [-0.2, 0) is 6.54 Å². The molecular weight excluding hydrogens is 106 g/mol. The van der Waals surface area contributed by atoms with Crippen LogP contribution in [0.25, 0.3) is 0 Å². The molecule has 0 spiro atoms. The van der Waals surface area contributed by atoms with Gasteiger partial charge in [0.15, 0.2) is 5.21 Å². The quantitative estimate of drug-likeness (QED) is 0.439. The summed E-state index contributed by atoms with van der Waals surface area (Å²) >= 11 is 0. The SMILES string of the molecule is NCC[n+]1cnn[nH]1. The maximum absolute atomic E-state index is 5.22. The molecule has 0 atom stereocenters. The van der Waals surface area contributed by atoms with Crippen molar-refractivity contribution < 1.29 is 4.68 Å². The third-order valence-electron chi connectivity index (χ3n) is 0.792. The van der Waals surface area contributed by atoms with Gasteiger partial charge < -0.3 is 5.73 Å². The molecule has 1 rings (SSSR count). The lowest BCUT2D eigenvalue weighted by Crippen LogP contribution is -2.38. The molecule has 0 radical (unpaired) electrons. The summed E-state index contributed by atoms with van der Waals surface area (Å²) in [6.07, 6.45) is 1.59. The van der Waals surface area contributed by atoms with Crippen molar-refractivity contribution in [3.63, 3.8) is 0 Å². The minimum Gasteiger partial charge on any atom is -0.327 e. The molecule has 0 aromatic carbocycles. The van der Waals surface area contributed by atoms with Gasteiger partial charge in [0.25, 0.3) is 6.33 Å². The Morgan fingerprint density at radius 2 is 2.62 bits per heavy atom. The fourth-order valence-corrected chi connectivity index (χ4v) is 0.444. The highest BCUT2D eigenvalue weighted by Crippen LogP contribution is 1.53. The number of tetrazole rings is 1. The molecule has 0 saturated carbocycles. The Morgan fingerprint density at radius 1 is 1.75 bits per heavy atom. The van der Waals surface area contributed by atoms with Crippen molar-refractivity contribution in [2.75, 3.05) is 6.54 Å². The van der Waals surface area contributed by atoms with Crippen LogP contribution in [0.15, 0.2) is 6.33 Å². The van der Waals surface area contributed by atoms with E-state index in [2.05, 4.69) is 15.5 Å². The van der Waals surface area contributed by atoms with Crippen LogP contribution < -0.4 is 10.4 Å². The molecule has 0 aliphatic heterocycles. The second kappa shape index (κ2) is 2.37. The number of hydrogen-bond donors (Lipinski definition) is 2. The molecular formula is C3H8N5+. The average molecular weight is 114 g/mol. The first-order valence-electron chi connectivity index (χ1n) is 2.39. The van der Waals surface area contributed by atoms with Crippen LogP contribution in [0.3, 0.4) is 0 Å². The molecule has 5 nitrogen and oxygen atoms in total. The maximum Gasteiger partial charge on any atom is 0.288 e. The summed E-state index contributed by atoms with van der Waals surface area (Å²) in [5, 5.41) is 9.63. The van der Waals surface area contributed by atoms with Crippen molar-refractivity contribution in [1.29, 1.82) is 0 Å². The first kappa shape index (κ1) is 5.17. The first-order chi connectivity index (χ1) is 3.93. The Morgan fingerprint density at radius 3 is 3.12 bits per heavy atom. The molecule has 0 aliphatic carbocycles. The van der Waals surface area contributed by atoms with Gasteiger partial charge in [-0.15, -0.1) is 0 Å². The highest BCUT2D eigenvalue weighted by atomic mass is 15.5. The number of aromatic amines is 1. The molecule has 1 aromatic heterocycles. The maximum atomic E-state index is 5.22. The van der Waals surface area contributed by atoms with Crippen LogP contribution >= 0.6 is 0 Å². The molecule has 3 N–H and O–H groups in total. The van der Waals surface area contributed by atoms with E-state index in [4.69, 9.17) is 5.73 Å². The van der Waals surface area contributed by atoms with Crippen LogP contribution in [-0.4, -0.2) is 22.1 Å². The summed E-state index contributed by atoms with van der Waals surface area (Å²) in [6, 6.07) is 0. The van der Waals surface area contributed by atoms with E-state index in [9.17, 15) is 0 Å².